The molecular weight excluding hydrogens is 310 g/mol. The van der Waals surface area contributed by atoms with Crippen LogP contribution in [0.3, 0.4) is 0 Å². The Morgan fingerprint density at radius 1 is 1.18 bits per heavy atom. The van der Waals surface area contributed by atoms with Crippen LogP contribution in [0.1, 0.15) is 71.9 Å². The molecule has 1 nitrogen and oxygen atoms in total. The number of hydrogen-bond donors (Lipinski definition) is 1. The molecule has 1 aromatic rings. The molecule has 0 heterocycles. The summed E-state index contributed by atoms with van der Waals surface area (Å²) in [5.74, 6) is 1.40. The Morgan fingerprint density at radius 3 is 2.27 bits per heavy atom. The van der Waals surface area contributed by atoms with Crippen molar-refractivity contribution in [2.75, 3.05) is 0 Å². The molecule has 1 aliphatic rings. The summed E-state index contributed by atoms with van der Waals surface area (Å²) in [5, 5.41) is 0.913. The van der Waals surface area contributed by atoms with E-state index < -0.39 is 0 Å². The van der Waals surface area contributed by atoms with Crippen molar-refractivity contribution in [3.05, 3.63) is 34.3 Å². The van der Waals surface area contributed by atoms with Crippen molar-refractivity contribution in [3.8, 4) is 0 Å². The first-order valence-corrected chi connectivity index (χ1v) is 9.26. The molecule has 0 aromatic heterocycles. The first-order valence-electron chi connectivity index (χ1n) is 8.06. The molecule has 0 unspecified atom stereocenters. The molecule has 1 N–H and O–H groups in total. The minimum absolute atomic E-state index is 0.193. The molecule has 0 radical (unpaired) electrons. The van der Waals surface area contributed by atoms with E-state index in [4.69, 9.17) is 11.6 Å². The van der Waals surface area contributed by atoms with E-state index in [0.29, 0.717) is 11.3 Å². The SMILES string of the molecule is CC(=[NH+]SC(C)(C)C)c1ccc([C@@H]2C[C@H]2C(C)(C)C)c(Cl)c1. The summed E-state index contributed by atoms with van der Waals surface area (Å²) in [4.78, 5) is 0. The third-order valence-electron chi connectivity index (χ3n) is 4.25. The van der Waals surface area contributed by atoms with Crippen molar-refractivity contribution in [2.24, 2.45) is 11.3 Å². The topological polar surface area (TPSA) is 14.0 Å². The fourth-order valence-electron chi connectivity index (χ4n) is 2.85. The van der Waals surface area contributed by atoms with Crippen molar-refractivity contribution >= 4 is 29.3 Å². The summed E-state index contributed by atoms with van der Waals surface area (Å²) in [6, 6.07) is 6.53. The minimum Gasteiger partial charge on any atom is -0.176 e. The molecule has 0 spiro atoms. The molecular formula is C19H29ClNS+. The van der Waals surface area contributed by atoms with E-state index in [1.54, 1.807) is 11.9 Å². The smallest absolute Gasteiger partial charge is 0.176 e. The highest BCUT2D eigenvalue weighted by Gasteiger charge is 2.46. The molecule has 1 saturated carbocycles. The van der Waals surface area contributed by atoms with Crippen LogP contribution in [0.2, 0.25) is 5.02 Å². The van der Waals surface area contributed by atoms with Crippen LogP contribution in [-0.2, 0) is 0 Å². The second kappa shape index (κ2) is 6.20. The molecule has 3 heteroatoms. The highest BCUT2D eigenvalue weighted by Crippen LogP contribution is 2.57. The van der Waals surface area contributed by atoms with Gasteiger partial charge in [0.2, 0.25) is 0 Å². The van der Waals surface area contributed by atoms with Gasteiger partial charge in [-0.25, -0.2) is 0 Å². The Bertz CT molecular complexity index is 578. The number of benzene rings is 1. The zero-order valence-electron chi connectivity index (χ0n) is 14.9. The lowest BCUT2D eigenvalue weighted by atomic mass is 9.87. The van der Waals surface area contributed by atoms with Gasteiger partial charge in [0.05, 0.1) is 4.75 Å². The maximum Gasteiger partial charge on any atom is 0.191 e. The molecule has 0 amide bonds. The average molecular weight is 339 g/mol. The Morgan fingerprint density at radius 2 is 1.82 bits per heavy atom. The largest absolute Gasteiger partial charge is 0.191 e. The molecule has 122 valence electrons. The van der Waals surface area contributed by atoms with Gasteiger partial charge in [0.15, 0.2) is 17.7 Å². The summed E-state index contributed by atoms with van der Waals surface area (Å²) in [5.41, 5.74) is 4.04. The van der Waals surface area contributed by atoms with Crippen molar-refractivity contribution in [2.45, 2.75) is 65.6 Å². The number of nitrogens with one attached hydrogen (secondary N) is 1. The van der Waals surface area contributed by atoms with Crippen LogP contribution in [0.15, 0.2) is 18.2 Å². The van der Waals surface area contributed by atoms with Crippen LogP contribution in [0.5, 0.6) is 0 Å². The third-order valence-corrected chi connectivity index (χ3v) is 5.59. The first kappa shape index (κ1) is 17.9. The number of hydrogen-bond acceptors (Lipinski definition) is 1. The predicted molar refractivity (Wildman–Crippen MR) is 99.8 cm³/mol. The molecule has 22 heavy (non-hydrogen) atoms. The highest BCUT2D eigenvalue weighted by molar-refractivity contribution is 7.94. The van der Waals surface area contributed by atoms with Crippen LogP contribution >= 0.6 is 23.5 Å². The maximum absolute atomic E-state index is 6.57. The van der Waals surface area contributed by atoms with E-state index >= 15 is 0 Å². The van der Waals surface area contributed by atoms with Gasteiger partial charge >= 0.3 is 0 Å². The average Bonchev–Trinajstić information content (AvgIpc) is 3.14. The lowest BCUT2D eigenvalue weighted by Crippen LogP contribution is -2.65. The zero-order chi connectivity index (χ0) is 16.7. The molecule has 0 aliphatic heterocycles. The van der Waals surface area contributed by atoms with E-state index in [1.165, 1.54) is 17.5 Å². The molecule has 0 saturated heterocycles. The Hall–Kier alpha value is -0.470. The highest BCUT2D eigenvalue weighted by atomic mass is 35.5. The second-order valence-corrected chi connectivity index (χ2v) is 10.5. The Labute approximate surface area is 145 Å². The summed E-state index contributed by atoms with van der Waals surface area (Å²) in [6.45, 7) is 15.7. The van der Waals surface area contributed by atoms with E-state index in [-0.39, 0.29) is 4.75 Å². The summed E-state index contributed by atoms with van der Waals surface area (Å²) in [6.07, 6.45) is 1.27. The Balaban J connectivity index is 2.14. The van der Waals surface area contributed by atoms with E-state index in [1.807, 2.05) is 0 Å². The fraction of sp³-hybridized carbons (Fsp3) is 0.632. The summed E-state index contributed by atoms with van der Waals surface area (Å²) < 4.78 is 3.63. The number of rotatable bonds is 3. The lowest BCUT2D eigenvalue weighted by molar-refractivity contribution is -0.246. The summed E-state index contributed by atoms with van der Waals surface area (Å²) >= 11 is 8.30. The van der Waals surface area contributed by atoms with Crippen LogP contribution < -0.4 is 4.40 Å². The van der Waals surface area contributed by atoms with Crippen molar-refractivity contribution in [3.63, 3.8) is 0 Å². The normalized spacial score (nSPS) is 22.8. The van der Waals surface area contributed by atoms with Gasteiger partial charge in [0.1, 0.15) is 0 Å². The first-order chi connectivity index (χ1) is 9.99. The maximum atomic E-state index is 6.57. The molecule has 1 fully saturated rings. The van der Waals surface area contributed by atoms with Crippen LogP contribution in [0.4, 0.5) is 0 Å². The van der Waals surface area contributed by atoms with E-state index in [9.17, 15) is 0 Å². The van der Waals surface area contributed by atoms with Crippen LogP contribution in [0, 0.1) is 11.3 Å². The van der Waals surface area contributed by atoms with E-state index in [2.05, 4.69) is 71.1 Å². The van der Waals surface area contributed by atoms with Gasteiger partial charge in [-0.1, -0.05) is 38.4 Å². The van der Waals surface area contributed by atoms with Gasteiger partial charge in [-0.2, -0.15) is 4.40 Å². The molecule has 2 rings (SSSR count). The fourth-order valence-corrected chi connectivity index (χ4v) is 3.74. The van der Waals surface area contributed by atoms with Gasteiger partial charge < -0.3 is 0 Å². The molecule has 2 atom stereocenters. The van der Waals surface area contributed by atoms with Crippen molar-refractivity contribution < 1.29 is 4.40 Å². The van der Waals surface area contributed by atoms with Gasteiger partial charge in [0, 0.05) is 17.5 Å². The quantitative estimate of drug-likeness (QED) is 0.616. The summed E-state index contributed by atoms with van der Waals surface area (Å²) in [7, 11) is 0. The molecule has 1 aromatic carbocycles. The second-order valence-electron chi connectivity index (χ2n) is 8.49. The predicted octanol–water partition coefficient (Wildman–Crippen LogP) is 4.83. The van der Waals surface area contributed by atoms with Crippen LogP contribution in [-0.4, -0.2) is 10.5 Å². The Kier molecular flexibility index (Phi) is 5.04. The van der Waals surface area contributed by atoms with Crippen molar-refractivity contribution in [1.82, 2.24) is 0 Å². The van der Waals surface area contributed by atoms with Gasteiger partial charge in [-0.15, -0.1) is 0 Å². The lowest BCUT2D eigenvalue weighted by Gasteiger charge is -2.18. The van der Waals surface area contributed by atoms with E-state index in [0.717, 1.165) is 16.7 Å². The van der Waals surface area contributed by atoms with Gasteiger partial charge in [-0.05, 0) is 62.1 Å². The zero-order valence-corrected chi connectivity index (χ0v) is 16.5. The minimum atomic E-state index is 0.193. The van der Waals surface area contributed by atoms with Gasteiger partial charge in [-0.3, -0.25) is 0 Å². The number of halogens is 1. The van der Waals surface area contributed by atoms with Crippen molar-refractivity contribution in [1.29, 1.82) is 0 Å². The van der Waals surface area contributed by atoms with Gasteiger partial charge in [0.25, 0.3) is 0 Å². The monoisotopic (exact) mass is 338 g/mol. The van der Waals surface area contributed by atoms with Crippen LogP contribution in [0.25, 0.3) is 0 Å². The molecule has 1 aliphatic carbocycles. The third kappa shape index (κ3) is 4.52. The standard InChI is InChI=1S/C19H28ClNS/c1-12(21-22-19(5,6)7)13-8-9-14(17(20)10-13)15-11-16(15)18(2,3)4/h8-10,15-16H,11H2,1-7H3/p+1/t15-,16+/m0/s1. The molecule has 0 bridgehead atoms.